The molecule has 0 aliphatic heterocycles. The summed E-state index contributed by atoms with van der Waals surface area (Å²) in [4.78, 5) is 0. The predicted octanol–water partition coefficient (Wildman–Crippen LogP) is 3.60. The predicted molar refractivity (Wildman–Crippen MR) is 78.7 cm³/mol. The number of rotatable bonds is 3. The molecule has 0 radical (unpaired) electrons. The summed E-state index contributed by atoms with van der Waals surface area (Å²) in [7, 11) is 0. The highest BCUT2D eigenvalue weighted by molar-refractivity contribution is 4.96. The summed E-state index contributed by atoms with van der Waals surface area (Å²) in [6.45, 7) is 5.65. The van der Waals surface area contributed by atoms with Crippen molar-refractivity contribution in [3.63, 3.8) is 0 Å². The van der Waals surface area contributed by atoms with Crippen molar-refractivity contribution in [3.05, 3.63) is 0 Å². The average molecular weight is 252 g/mol. The van der Waals surface area contributed by atoms with Gasteiger partial charge in [-0.3, -0.25) is 0 Å². The highest BCUT2D eigenvalue weighted by Gasteiger charge is 2.36. The molecule has 2 saturated carbocycles. The topological polar surface area (TPSA) is 38.0 Å². The Balaban J connectivity index is 1.96. The molecule has 2 aliphatic carbocycles. The van der Waals surface area contributed by atoms with Crippen LogP contribution >= 0.6 is 0 Å². The van der Waals surface area contributed by atoms with Crippen LogP contribution in [0.4, 0.5) is 0 Å². The summed E-state index contributed by atoms with van der Waals surface area (Å²) >= 11 is 0. The summed E-state index contributed by atoms with van der Waals surface area (Å²) in [6, 6.07) is 0.739. The van der Waals surface area contributed by atoms with Gasteiger partial charge >= 0.3 is 0 Å². The fourth-order valence-electron chi connectivity index (χ4n) is 3.82. The van der Waals surface area contributed by atoms with Crippen molar-refractivity contribution in [1.82, 2.24) is 5.32 Å². The lowest BCUT2D eigenvalue weighted by Crippen LogP contribution is -2.55. The quantitative estimate of drug-likeness (QED) is 0.753. The van der Waals surface area contributed by atoms with Crippen molar-refractivity contribution in [2.24, 2.45) is 11.1 Å². The van der Waals surface area contributed by atoms with E-state index in [4.69, 9.17) is 5.73 Å². The Hall–Kier alpha value is -0.0800. The molecule has 1 unspecified atom stereocenters. The van der Waals surface area contributed by atoms with Crippen molar-refractivity contribution in [2.45, 2.75) is 89.6 Å². The lowest BCUT2D eigenvalue weighted by atomic mass is 9.82. The molecule has 1 atom stereocenters. The lowest BCUT2D eigenvalue weighted by molar-refractivity contribution is 0.218. The van der Waals surface area contributed by atoms with Crippen LogP contribution in [0.3, 0.4) is 0 Å². The van der Waals surface area contributed by atoms with Gasteiger partial charge in [0.2, 0.25) is 0 Å². The van der Waals surface area contributed by atoms with E-state index in [9.17, 15) is 0 Å². The highest BCUT2D eigenvalue weighted by Crippen LogP contribution is 2.38. The molecule has 18 heavy (non-hydrogen) atoms. The van der Waals surface area contributed by atoms with E-state index in [1.807, 2.05) is 0 Å². The van der Waals surface area contributed by atoms with Gasteiger partial charge in [0.05, 0.1) is 0 Å². The second kappa shape index (κ2) is 5.92. The van der Waals surface area contributed by atoms with Gasteiger partial charge in [0, 0.05) is 18.1 Å². The third kappa shape index (κ3) is 3.71. The molecule has 0 aromatic heterocycles. The first-order valence-electron chi connectivity index (χ1n) is 8.03. The molecule has 0 heterocycles. The molecule has 2 fully saturated rings. The van der Waals surface area contributed by atoms with Crippen LogP contribution in [0, 0.1) is 5.41 Å². The van der Waals surface area contributed by atoms with Gasteiger partial charge in [0.15, 0.2) is 0 Å². The summed E-state index contributed by atoms with van der Waals surface area (Å²) in [6.07, 6.45) is 13.6. The molecule has 0 aromatic rings. The minimum atomic E-state index is 0.246. The number of hydrogen-bond donors (Lipinski definition) is 2. The van der Waals surface area contributed by atoms with E-state index >= 15 is 0 Å². The van der Waals surface area contributed by atoms with Crippen LogP contribution < -0.4 is 11.1 Å². The van der Waals surface area contributed by atoms with Crippen LogP contribution in [0.1, 0.15) is 78.1 Å². The van der Waals surface area contributed by atoms with Crippen molar-refractivity contribution in [1.29, 1.82) is 0 Å². The first-order chi connectivity index (χ1) is 8.55. The monoisotopic (exact) mass is 252 g/mol. The Morgan fingerprint density at radius 1 is 0.944 bits per heavy atom. The maximum Gasteiger partial charge on any atom is 0.0306 e. The largest absolute Gasteiger partial charge is 0.329 e. The molecule has 2 rings (SSSR count). The third-order valence-electron chi connectivity index (χ3n) is 5.30. The zero-order chi connectivity index (χ0) is 13.1. The van der Waals surface area contributed by atoms with Gasteiger partial charge in [0.1, 0.15) is 0 Å². The molecule has 3 N–H and O–H groups in total. The second-order valence-corrected chi connectivity index (χ2v) is 7.48. The smallest absolute Gasteiger partial charge is 0.0306 e. The van der Waals surface area contributed by atoms with Crippen LogP contribution in [0.5, 0.6) is 0 Å². The number of nitrogens with one attached hydrogen (secondary N) is 1. The summed E-state index contributed by atoms with van der Waals surface area (Å²) in [5, 5.41) is 3.97. The molecular weight excluding hydrogens is 220 g/mol. The SMILES string of the molecule is CC1(C)CCCC(CN)(NC2CCCCC2)CC1. The van der Waals surface area contributed by atoms with Gasteiger partial charge in [-0.25, -0.2) is 0 Å². The van der Waals surface area contributed by atoms with Gasteiger partial charge in [-0.2, -0.15) is 0 Å². The molecule has 106 valence electrons. The number of nitrogens with two attached hydrogens (primary N) is 1. The van der Waals surface area contributed by atoms with Crippen LogP contribution in [-0.2, 0) is 0 Å². The van der Waals surface area contributed by atoms with E-state index in [2.05, 4.69) is 19.2 Å². The van der Waals surface area contributed by atoms with E-state index in [1.54, 1.807) is 0 Å². The maximum atomic E-state index is 6.15. The summed E-state index contributed by atoms with van der Waals surface area (Å²) < 4.78 is 0. The van der Waals surface area contributed by atoms with Gasteiger partial charge in [-0.05, 0) is 43.9 Å². The standard InChI is InChI=1S/C16H32N2/c1-15(2)9-6-10-16(13-17,12-11-15)18-14-7-4-3-5-8-14/h14,18H,3-13,17H2,1-2H3. The molecule has 0 saturated heterocycles. The van der Waals surface area contributed by atoms with Crippen LogP contribution in [0.25, 0.3) is 0 Å². The maximum absolute atomic E-state index is 6.15. The fraction of sp³-hybridized carbons (Fsp3) is 1.00. The second-order valence-electron chi connectivity index (χ2n) is 7.48. The first kappa shape index (κ1) is 14.3. The van der Waals surface area contributed by atoms with Crippen LogP contribution in [-0.4, -0.2) is 18.1 Å². The van der Waals surface area contributed by atoms with Gasteiger partial charge < -0.3 is 11.1 Å². The average Bonchev–Trinajstić information content (AvgIpc) is 2.51. The van der Waals surface area contributed by atoms with E-state index < -0.39 is 0 Å². The fourth-order valence-corrected chi connectivity index (χ4v) is 3.82. The van der Waals surface area contributed by atoms with Gasteiger partial charge in [-0.1, -0.05) is 39.5 Å². The van der Waals surface area contributed by atoms with Gasteiger partial charge in [0.25, 0.3) is 0 Å². The minimum absolute atomic E-state index is 0.246. The molecule has 2 nitrogen and oxygen atoms in total. The highest BCUT2D eigenvalue weighted by atomic mass is 15.0. The first-order valence-corrected chi connectivity index (χ1v) is 8.03. The Labute approximate surface area is 113 Å². The van der Waals surface area contributed by atoms with Crippen LogP contribution in [0.15, 0.2) is 0 Å². The van der Waals surface area contributed by atoms with Crippen molar-refractivity contribution in [2.75, 3.05) is 6.54 Å². The third-order valence-corrected chi connectivity index (χ3v) is 5.30. The van der Waals surface area contributed by atoms with E-state index in [0.29, 0.717) is 5.41 Å². The van der Waals surface area contributed by atoms with Crippen molar-refractivity contribution < 1.29 is 0 Å². The van der Waals surface area contributed by atoms with E-state index in [-0.39, 0.29) is 5.54 Å². The molecular formula is C16H32N2. The normalized spacial score (nSPS) is 34.2. The number of hydrogen-bond acceptors (Lipinski definition) is 2. The molecule has 0 bridgehead atoms. The molecule has 0 aromatic carbocycles. The summed E-state index contributed by atoms with van der Waals surface area (Å²) in [5.74, 6) is 0. The molecule has 0 spiro atoms. The Morgan fingerprint density at radius 3 is 2.33 bits per heavy atom. The van der Waals surface area contributed by atoms with E-state index in [1.165, 1.54) is 64.2 Å². The minimum Gasteiger partial charge on any atom is -0.329 e. The zero-order valence-corrected chi connectivity index (χ0v) is 12.4. The molecule has 2 aliphatic rings. The van der Waals surface area contributed by atoms with Crippen molar-refractivity contribution in [3.8, 4) is 0 Å². The summed E-state index contributed by atoms with van der Waals surface area (Å²) in [5.41, 5.74) is 6.92. The van der Waals surface area contributed by atoms with E-state index in [0.717, 1.165) is 12.6 Å². The Morgan fingerprint density at radius 2 is 1.67 bits per heavy atom. The Bertz CT molecular complexity index is 256. The molecule has 2 heteroatoms. The van der Waals surface area contributed by atoms with Gasteiger partial charge in [-0.15, -0.1) is 0 Å². The van der Waals surface area contributed by atoms with Crippen molar-refractivity contribution >= 4 is 0 Å². The Kier molecular flexibility index (Phi) is 4.71. The lowest BCUT2D eigenvalue weighted by Gasteiger charge is -2.38. The van der Waals surface area contributed by atoms with Crippen LogP contribution in [0.2, 0.25) is 0 Å². The zero-order valence-electron chi connectivity index (χ0n) is 12.4. The molecule has 0 amide bonds.